The van der Waals surface area contributed by atoms with Gasteiger partial charge in [-0.1, -0.05) is 133 Å². The van der Waals surface area contributed by atoms with Crippen molar-refractivity contribution >= 4 is 71.6 Å². The normalized spacial score (nSPS) is 11.6. The van der Waals surface area contributed by atoms with Crippen molar-refractivity contribution in [1.29, 1.82) is 0 Å². The van der Waals surface area contributed by atoms with Gasteiger partial charge in [0.2, 0.25) is 0 Å². The standard InChI is InChI=1S/C52H34N2O/c1-2-13-37-33-40(25-24-35(37)12-1)39-15-11-14-38(32-39)36-26-28-41(29-27-36)53(42-30-31-46-45-18-5-10-23-51(45)55-52(46)34-42)49-21-8-9-22-50(49)54-47-19-6-3-16-43(47)44-17-4-7-20-48(44)54/h1-34H. The van der Waals surface area contributed by atoms with Crippen LogP contribution in [0.3, 0.4) is 0 Å². The third-order valence-corrected chi connectivity index (χ3v) is 11.0. The summed E-state index contributed by atoms with van der Waals surface area (Å²) in [4.78, 5) is 2.36. The second-order valence-corrected chi connectivity index (χ2v) is 14.2. The van der Waals surface area contributed by atoms with E-state index in [4.69, 9.17) is 4.42 Å². The Hall–Kier alpha value is -7.36. The molecule has 0 atom stereocenters. The van der Waals surface area contributed by atoms with Crippen LogP contribution in [-0.2, 0) is 0 Å². The lowest BCUT2D eigenvalue weighted by Gasteiger charge is -2.28. The van der Waals surface area contributed by atoms with E-state index in [0.29, 0.717) is 0 Å². The Labute approximate surface area is 318 Å². The molecule has 0 bridgehead atoms. The molecule has 0 aliphatic rings. The number of aromatic nitrogens is 1. The summed E-state index contributed by atoms with van der Waals surface area (Å²) in [6, 6.07) is 74.0. The molecular weight excluding hydrogens is 669 g/mol. The smallest absolute Gasteiger partial charge is 0.137 e. The van der Waals surface area contributed by atoms with Gasteiger partial charge in [-0.15, -0.1) is 0 Å². The largest absolute Gasteiger partial charge is 0.456 e. The topological polar surface area (TPSA) is 21.3 Å². The van der Waals surface area contributed by atoms with Gasteiger partial charge < -0.3 is 13.9 Å². The minimum absolute atomic E-state index is 0.861. The monoisotopic (exact) mass is 702 g/mol. The van der Waals surface area contributed by atoms with Crippen LogP contribution in [0.25, 0.3) is 82.5 Å². The van der Waals surface area contributed by atoms with Crippen molar-refractivity contribution in [2.45, 2.75) is 0 Å². The third-order valence-electron chi connectivity index (χ3n) is 11.0. The number of hydrogen-bond acceptors (Lipinski definition) is 2. The van der Waals surface area contributed by atoms with Crippen molar-refractivity contribution in [1.82, 2.24) is 4.57 Å². The molecule has 2 heterocycles. The Morgan fingerprint density at radius 3 is 1.73 bits per heavy atom. The Balaban J connectivity index is 1.07. The molecule has 0 amide bonds. The molecule has 11 rings (SSSR count). The molecule has 0 aliphatic carbocycles. The van der Waals surface area contributed by atoms with Crippen LogP contribution in [-0.4, -0.2) is 4.57 Å². The predicted molar refractivity (Wildman–Crippen MR) is 231 cm³/mol. The quantitative estimate of drug-likeness (QED) is 0.172. The van der Waals surface area contributed by atoms with Crippen molar-refractivity contribution in [2.75, 3.05) is 4.90 Å². The fraction of sp³-hybridized carbons (Fsp3) is 0. The zero-order valence-corrected chi connectivity index (χ0v) is 29.9. The third kappa shape index (κ3) is 5.20. The molecular formula is C52H34N2O. The lowest BCUT2D eigenvalue weighted by atomic mass is 9.97. The summed E-state index contributed by atoms with van der Waals surface area (Å²) >= 11 is 0. The van der Waals surface area contributed by atoms with Crippen LogP contribution in [0, 0.1) is 0 Å². The summed E-state index contributed by atoms with van der Waals surface area (Å²) < 4.78 is 8.85. The van der Waals surface area contributed by atoms with E-state index >= 15 is 0 Å². The fourth-order valence-corrected chi connectivity index (χ4v) is 8.36. The summed E-state index contributed by atoms with van der Waals surface area (Å²) in [6.07, 6.45) is 0. The average Bonchev–Trinajstić information content (AvgIpc) is 3.80. The molecule has 3 nitrogen and oxygen atoms in total. The molecule has 0 fully saturated rings. The van der Waals surface area contributed by atoms with E-state index in [-0.39, 0.29) is 0 Å². The second kappa shape index (κ2) is 12.6. The Morgan fingerprint density at radius 2 is 0.927 bits per heavy atom. The second-order valence-electron chi connectivity index (χ2n) is 14.2. The number of hydrogen-bond donors (Lipinski definition) is 0. The number of para-hydroxylation sites is 5. The highest BCUT2D eigenvalue weighted by atomic mass is 16.3. The number of benzene rings is 9. The van der Waals surface area contributed by atoms with E-state index in [1.807, 2.05) is 12.1 Å². The zero-order chi connectivity index (χ0) is 36.3. The molecule has 0 saturated carbocycles. The van der Waals surface area contributed by atoms with Gasteiger partial charge in [0.1, 0.15) is 11.2 Å². The first-order chi connectivity index (χ1) is 27.3. The summed E-state index contributed by atoms with van der Waals surface area (Å²) in [5.41, 5.74) is 13.1. The number of nitrogens with zero attached hydrogens (tertiary/aromatic N) is 2. The molecule has 3 heteroatoms. The van der Waals surface area contributed by atoms with Gasteiger partial charge in [-0.3, -0.25) is 0 Å². The van der Waals surface area contributed by atoms with Crippen molar-refractivity contribution < 1.29 is 4.42 Å². The minimum atomic E-state index is 0.861. The van der Waals surface area contributed by atoms with Crippen molar-refractivity contribution in [3.63, 3.8) is 0 Å². The maximum absolute atomic E-state index is 6.45. The average molecular weight is 703 g/mol. The van der Waals surface area contributed by atoms with Crippen LogP contribution in [0.15, 0.2) is 211 Å². The molecule has 258 valence electrons. The Morgan fingerprint density at radius 1 is 0.345 bits per heavy atom. The molecule has 0 unspecified atom stereocenters. The van der Waals surface area contributed by atoms with Gasteiger partial charge in [-0.2, -0.15) is 0 Å². The number of furan rings is 1. The van der Waals surface area contributed by atoms with Gasteiger partial charge in [0.05, 0.1) is 22.4 Å². The van der Waals surface area contributed by atoms with Crippen LogP contribution >= 0.6 is 0 Å². The molecule has 55 heavy (non-hydrogen) atoms. The van der Waals surface area contributed by atoms with Crippen LogP contribution in [0.5, 0.6) is 0 Å². The first-order valence-electron chi connectivity index (χ1n) is 18.8. The summed E-state index contributed by atoms with van der Waals surface area (Å²) in [6.45, 7) is 0. The first-order valence-corrected chi connectivity index (χ1v) is 18.8. The maximum Gasteiger partial charge on any atom is 0.137 e. The molecule has 0 saturated heterocycles. The van der Waals surface area contributed by atoms with E-state index in [9.17, 15) is 0 Å². The Bertz CT molecular complexity index is 3170. The molecule has 2 aromatic heterocycles. The number of fused-ring (bicyclic) bond motifs is 7. The summed E-state index contributed by atoms with van der Waals surface area (Å²) in [5, 5.41) is 7.20. The van der Waals surface area contributed by atoms with Crippen molar-refractivity contribution in [2.24, 2.45) is 0 Å². The molecule has 0 spiro atoms. The molecule has 0 N–H and O–H groups in total. The van der Waals surface area contributed by atoms with Crippen LogP contribution in [0.2, 0.25) is 0 Å². The van der Waals surface area contributed by atoms with Crippen molar-refractivity contribution in [3.05, 3.63) is 206 Å². The van der Waals surface area contributed by atoms with Gasteiger partial charge >= 0.3 is 0 Å². The van der Waals surface area contributed by atoms with Gasteiger partial charge in [-0.25, -0.2) is 0 Å². The molecule has 11 aromatic rings. The van der Waals surface area contributed by atoms with Crippen LogP contribution < -0.4 is 4.90 Å². The lowest BCUT2D eigenvalue weighted by Crippen LogP contribution is -2.13. The van der Waals surface area contributed by atoms with E-state index in [1.165, 1.54) is 49.3 Å². The van der Waals surface area contributed by atoms with E-state index in [0.717, 1.165) is 50.3 Å². The SMILES string of the molecule is c1cc(-c2ccc(N(c3ccc4c(c3)oc3ccccc34)c3ccccc3-n3c4ccccc4c4ccccc43)cc2)cc(-c2ccc3ccccc3c2)c1. The van der Waals surface area contributed by atoms with Crippen LogP contribution in [0.1, 0.15) is 0 Å². The summed E-state index contributed by atoms with van der Waals surface area (Å²) in [7, 11) is 0. The van der Waals surface area contributed by atoms with Gasteiger partial charge in [0, 0.05) is 39.0 Å². The first kappa shape index (κ1) is 31.2. The fourth-order valence-electron chi connectivity index (χ4n) is 8.36. The zero-order valence-electron chi connectivity index (χ0n) is 29.9. The highest BCUT2D eigenvalue weighted by Gasteiger charge is 2.21. The van der Waals surface area contributed by atoms with Crippen LogP contribution in [0.4, 0.5) is 17.1 Å². The maximum atomic E-state index is 6.45. The van der Waals surface area contributed by atoms with Crippen molar-refractivity contribution in [3.8, 4) is 27.9 Å². The Kier molecular flexibility index (Phi) is 7.17. The van der Waals surface area contributed by atoms with E-state index in [2.05, 4.69) is 204 Å². The highest BCUT2D eigenvalue weighted by molar-refractivity contribution is 6.10. The van der Waals surface area contributed by atoms with Gasteiger partial charge in [0.25, 0.3) is 0 Å². The minimum Gasteiger partial charge on any atom is -0.456 e. The predicted octanol–water partition coefficient (Wildman–Crippen LogP) is 14.6. The molecule has 9 aromatic carbocycles. The van der Waals surface area contributed by atoms with Gasteiger partial charge in [-0.05, 0) is 99.8 Å². The van der Waals surface area contributed by atoms with E-state index in [1.54, 1.807) is 0 Å². The van der Waals surface area contributed by atoms with E-state index < -0.39 is 0 Å². The number of anilines is 3. The van der Waals surface area contributed by atoms with Gasteiger partial charge in [0.15, 0.2) is 0 Å². The molecule has 0 aliphatic heterocycles. The molecule has 0 radical (unpaired) electrons. The lowest BCUT2D eigenvalue weighted by molar-refractivity contribution is 0.669. The highest BCUT2D eigenvalue weighted by Crippen LogP contribution is 2.43. The summed E-state index contributed by atoms with van der Waals surface area (Å²) in [5.74, 6) is 0. The number of rotatable bonds is 6.